The number of hydrogen-bond donors (Lipinski definition) is 1. The molecule has 3 nitrogen and oxygen atoms in total. The van der Waals surface area contributed by atoms with Gasteiger partial charge in [-0.05, 0) is 62.0 Å². The van der Waals surface area contributed by atoms with Crippen LogP contribution in [0.15, 0.2) is 22.9 Å². The SMILES string of the molecule is Cc1cc(C(=O)NCC(c2ccsc2)N(C)C)sc1C. The molecule has 0 aliphatic rings. The van der Waals surface area contributed by atoms with E-state index in [1.54, 1.807) is 22.7 Å². The average Bonchev–Trinajstić information content (AvgIpc) is 3.00. The van der Waals surface area contributed by atoms with Gasteiger partial charge in [-0.3, -0.25) is 4.79 Å². The highest BCUT2D eigenvalue weighted by Crippen LogP contribution is 2.22. The van der Waals surface area contributed by atoms with E-state index in [4.69, 9.17) is 0 Å². The van der Waals surface area contributed by atoms with Crippen molar-refractivity contribution in [2.75, 3.05) is 20.6 Å². The number of nitrogens with zero attached hydrogens (tertiary/aromatic N) is 1. The van der Waals surface area contributed by atoms with E-state index >= 15 is 0 Å². The maximum absolute atomic E-state index is 12.2. The van der Waals surface area contributed by atoms with E-state index in [9.17, 15) is 4.79 Å². The first kappa shape index (κ1) is 15.2. The van der Waals surface area contributed by atoms with Crippen molar-refractivity contribution in [1.29, 1.82) is 0 Å². The summed E-state index contributed by atoms with van der Waals surface area (Å²) in [4.78, 5) is 16.3. The van der Waals surface area contributed by atoms with Gasteiger partial charge in [0.05, 0.1) is 10.9 Å². The van der Waals surface area contributed by atoms with Gasteiger partial charge < -0.3 is 10.2 Å². The van der Waals surface area contributed by atoms with Gasteiger partial charge in [0.15, 0.2) is 0 Å². The molecule has 20 heavy (non-hydrogen) atoms. The second kappa shape index (κ2) is 6.52. The highest BCUT2D eigenvalue weighted by Gasteiger charge is 2.17. The molecule has 0 aromatic carbocycles. The Morgan fingerprint density at radius 1 is 1.40 bits per heavy atom. The minimum atomic E-state index is 0.0216. The number of carbonyl (C=O) groups is 1. The van der Waals surface area contributed by atoms with Crippen molar-refractivity contribution in [2.24, 2.45) is 0 Å². The van der Waals surface area contributed by atoms with Crippen LogP contribution in [0.4, 0.5) is 0 Å². The monoisotopic (exact) mass is 308 g/mol. The molecule has 1 N–H and O–H groups in total. The van der Waals surface area contributed by atoms with Crippen molar-refractivity contribution in [2.45, 2.75) is 19.9 Å². The molecule has 0 aliphatic carbocycles. The van der Waals surface area contributed by atoms with E-state index in [0.29, 0.717) is 6.54 Å². The lowest BCUT2D eigenvalue weighted by atomic mass is 10.1. The van der Waals surface area contributed by atoms with Crippen LogP contribution >= 0.6 is 22.7 Å². The van der Waals surface area contributed by atoms with Crippen LogP contribution in [0.1, 0.15) is 31.7 Å². The van der Waals surface area contributed by atoms with Gasteiger partial charge in [-0.25, -0.2) is 0 Å². The number of hydrogen-bond acceptors (Lipinski definition) is 4. The maximum Gasteiger partial charge on any atom is 0.261 e. The van der Waals surface area contributed by atoms with Crippen LogP contribution in [0, 0.1) is 13.8 Å². The van der Waals surface area contributed by atoms with Gasteiger partial charge >= 0.3 is 0 Å². The zero-order chi connectivity index (χ0) is 14.7. The summed E-state index contributed by atoms with van der Waals surface area (Å²) >= 11 is 3.24. The number of thiophene rings is 2. The molecule has 1 amide bonds. The van der Waals surface area contributed by atoms with Gasteiger partial charge in [0.2, 0.25) is 0 Å². The predicted molar refractivity (Wildman–Crippen MR) is 86.9 cm³/mol. The summed E-state index contributed by atoms with van der Waals surface area (Å²) in [5, 5.41) is 7.25. The lowest BCUT2D eigenvalue weighted by Crippen LogP contribution is -2.34. The lowest BCUT2D eigenvalue weighted by Gasteiger charge is -2.23. The summed E-state index contributed by atoms with van der Waals surface area (Å²) in [6.45, 7) is 4.71. The molecule has 2 aromatic heterocycles. The quantitative estimate of drug-likeness (QED) is 0.917. The molecule has 2 rings (SSSR count). The smallest absolute Gasteiger partial charge is 0.261 e. The first-order valence-electron chi connectivity index (χ1n) is 6.52. The minimum absolute atomic E-state index is 0.0216. The Hall–Kier alpha value is -1.17. The molecule has 0 radical (unpaired) electrons. The van der Waals surface area contributed by atoms with Crippen molar-refractivity contribution in [1.82, 2.24) is 10.2 Å². The van der Waals surface area contributed by atoms with Gasteiger partial charge in [0.1, 0.15) is 0 Å². The van der Waals surface area contributed by atoms with Crippen molar-refractivity contribution >= 4 is 28.6 Å². The third kappa shape index (κ3) is 3.48. The van der Waals surface area contributed by atoms with Crippen LogP contribution in [-0.2, 0) is 0 Å². The van der Waals surface area contributed by atoms with E-state index in [0.717, 1.165) is 4.88 Å². The summed E-state index contributed by atoms with van der Waals surface area (Å²) in [5.74, 6) is 0.0216. The highest BCUT2D eigenvalue weighted by atomic mass is 32.1. The van der Waals surface area contributed by atoms with E-state index in [-0.39, 0.29) is 11.9 Å². The molecule has 1 unspecified atom stereocenters. The number of nitrogens with one attached hydrogen (secondary N) is 1. The zero-order valence-electron chi connectivity index (χ0n) is 12.3. The minimum Gasteiger partial charge on any atom is -0.349 e. The maximum atomic E-state index is 12.2. The molecule has 2 aromatic rings. The Morgan fingerprint density at radius 3 is 2.65 bits per heavy atom. The topological polar surface area (TPSA) is 32.3 Å². The molecular formula is C15H20N2OS2. The van der Waals surface area contributed by atoms with Gasteiger partial charge in [0, 0.05) is 11.4 Å². The predicted octanol–water partition coefficient (Wildman–Crippen LogP) is 3.46. The standard InChI is InChI=1S/C15H20N2OS2/c1-10-7-14(20-11(10)2)15(18)16-8-13(17(3)4)12-5-6-19-9-12/h5-7,9,13H,8H2,1-4H3,(H,16,18). The number of carbonyl (C=O) groups excluding carboxylic acids is 1. The molecule has 0 fully saturated rings. The summed E-state index contributed by atoms with van der Waals surface area (Å²) in [7, 11) is 4.07. The summed E-state index contributed by atoms with van der Waals surface area (Å²) in [6.07, 6.45) is 0. The van der Waals surface area contributed by atoms with Crippen LogP contribution in [0.3, 0.4) is 0 Å². The van der Waals surface area contributed by atoms with Crippen LogP contribution in [0.2, 0.25) is 0 Å². The van der Waals surface area contributed by atoms with E-state index in [1.165, 1.54) is 16.0 Å². The summed E-state index contributed by atoms with van der Waals surface area (Å²) < 4.78 is 0. The number of aryl methyl sites for hydroxylation is 2. The number of amides is 1. The van der Waals surface area contributed by atoms with Crippen molar-refractivity contribution in [3.8, 4) is 0 Å². The second-order valence-electron chi connectivity index (χ2n) is 5.10. The third-order valence-corrected chi connectivity index (χ3v) is 5.25. The highest BCUT2D eigenvalue weighted by molar-refractivity contribution is 7.14. The third-order valence-electron chi connectivity index (χ3n) is 3.40. The second-order valence-corrected chi connectivity index (χ2v) is 7.13. The Kier molecular flexibility index (Phi) is 4.96. The van der Waals surface area contributed by atoms with Crippen LogP contribution in [-0.4, -0.2) is 31.4 Å². The average molecular weight is 308 g/mol. The lowest BCUT2D eigenvalue weighted by molar-refractivity contribution is 0.0946. The summed E-state index contributed by atoms with van der Waals surface area (Å²) in [6, 6.07) is 4.29. The molecule has 0 bridgehead atoms. The first-order chi connectivity index (χ1) is 9.49. The Morgan fingerprint density at radius 2 is 2.15 bits per heavy atom. The number of likely N-dealkylation sites (N-methyl/N-ethyl adjacent to an activating group) is 1. The zero-order valence-corrected chi connectivity index (χ0v) is 13.9. The van der Waals surface area contributed by atoms with Crippen molar-refractivity contribution in [3.05, 3.63) is 43.8 Å². The molecule has 0 saturated heterocycles. The largest absolute Gasteiger partial charge is 0.349 e. The van der Waals surface area contributed by atoms with Crippen LogP contribution in [0.25, 0.3) is 0 Å². The van der Waals surface area contributed by atoms with Gasteiger partial charge in [-0.1, -0.05) is 0 Å². The Balaban J connectivity index is 2.01. The van der Waals surface area contributed by atoms with Crippen molar-refractivity contribution in [3.63, 3.8) is 0 Å². The fourth-order valence-electron chi connectivity index (χ4n) is 2.02. The Bertz CT molecular complexity index is 553. The van der Waals surface area contributed by atoms with Gasteiger partial charge in [0.25, 0.3) is 5.91 Å². The van der Waals surface area contributed by atoms with E-state index in [1.807, 2.05) is 34.0 Å². The van der Waals surface area contributed by atoms with E-state index < -0.39 is 0 Å². The Labute approximate surface area is 128 Å². The fraction of sp³-hybridized carbons (Fsp3) is 0.400. The van der Waals surface area contributed by atoms with E-state index in [2.05, 4.69) is 27.0 Å². The molecule has 5 heteroatoms. The van der Waals surface area contributed by atoms with Gasteiger partial charge in [-0.15, -0.1) is 11.3 Å². The number of rotatable bonds is 5. The first-order valence-corrected chi connectivity index (χ1v) is 8.28. The normalized spacial score (nSPS) is 12.7. The molecule has 1 atom stereocenters. The summed E-state index contributed by atoms with van der Waals surface area (Å²) in [5.41, 5.74) is 2.43. The molecule has 0 saturated carbocycles. The molecule has 0 aliphatic heterocycles. The fourth-order valence-corrected chi connectivity index (χ4v) is 3.68. The molecule has 2 heterocycles. The molecular weight excluding hydrogens is 288 g/mol. The van der Waals surface area contributed by atoms with Gasteiger partial charge in [-0.2, -0.15) is 11.3 Å². The van der Waals surface area contributed by atoms with Crippen LogP contribution in [0.5, 0.6) is 0 Å². The van der Waals surface area contributed by atoms with Crippen LogP contribution < -0.4 is 5.32 Å². The molecule has 0 spiro atoms. The molecule has 108 valence electrons. The van der Waals surface area contributed by atoms with Crippen molar-refractivity contribution < 1.29 is 4.79 Å².